The average Bonchev–Trinajstić information content (AvgIpc) is 3.18. The first-order valence-corrected chi connectivity index (χ1v) is 15.7. The van der Waals surface area contributed by atoms with Crippen molar-refractivity contribution in [3.05, 3.63) is 162 Å². The van der Waals surface area contributed by atoms with Crippen LogP contribution in [0.25, 0.3) is 0 Å². The molecule has 6 rings (SSSR count). The third-order valence-corrected chi connectivity index (χ3v) is 7.04. The van der Waals surface area contributed by atoms with Gasteiger partial charge in [-0.1, -0.05) is 109 Å². The first-order valence-electron chi connectivity index (χ1n) is 15.7. The Morgan fingerprint density at radius 3 is 0.846 bits per heavy atom. The number of hydrogen-bond acceptors (Lipinski definition) is 9. The van der Waals surface area contributed by atoms with Gasteiger partial charge in [0.1, 0.15) is 34.3 Å². The predicted octanol–water partition coefficient (Wildman–Crippen LogP) is 7.56. The Labute approximate surface area is 331 Å². The van der Waals surface area contributed by atoms with Gasteiger partial charge in [-0.05, 0) is 53.1 Å². The summed E-state index contributed by atoms with van der Waals surface area (Å²) in [5.41, 5.74) is 3.82. The Hall–Kier alpha value is -5.68. The maximum Gasteiger partial charge on any atom is 3.00 e. The first-order chi connectivity index (χ1) is 24.9. The van der Waals surface area contributed by atoms with Crippen molar-refractivity contribution in [2.24, 2.45) is 15.0 Å². The Bertz CT molecular complexity index is 1850. The molecule has 0 heterocycles. The zero-order valence-electron chi connectivity index (χ0n) is 29.0. The molecule has 0 aliphatic carbocycles. The SMILES string of the molecule is COc1ccccc1N=Cc1ccccc1[O-].COc1ccccc1N=Cc1ccccc1[O-].COc1ccccc1N=Cc1ccccc1[O-].[La+3]. The zero-order chi connectivity index (χ0) is 36.3. The maximum absolute atomic E-state index is 11.5. The van der Waals surface area contributed by atoms with E-state index in [0.717, 1.165) is 0 Å². The molecule has 0 aromatic heterocycles. The van der Waals surface area contributed by atoms with E-state index in [-0.39, 0.29) is 52.8 Å². The van der Waals surface area contributed by atoms with Crippen molar-refractivity contribution in [2.75, 3.05) is 21.3 Å². The Balaban J connectivity index is 0.000000208. The fraction of sp³-hybridized carbons (Fsp3) is 0.0714. The van der Waals surface area contributed by atoms with Crippen LogP contribution in [0.3, 0.4) is 0 Å². The molecular formula is C42H36LaN3O6. The summed E-state index contributed by atoms with van der Waals surface area (Å²) in [4.78, 5) is 12.8. The van der Waals surface area contributed by atoms with Gasteiger partial charge < -0.3 is 29.5 Å². The van der Waals surface area contributed by atoms with E-state index in [9.17, 15) is 15.3 Å². The van der Waals surface area contributed by atoms with E-state index in [2.05, 4.69) is 15.0 Å². The van der Waals surface area contributed by atoms with Crippen molar-refractivity contribution in [2.45, 2.75) is 0 Å². The van der Waals surface area contributed by atoms with E-state index < -0.39 is 0 Å². The molecular weight excluding hydrogens is 781 g/mol. The summed E-state index contributed by atoms with van der Waals surface area (Å²) in [5, 5.41) is 34.4. The van der Waals surface area contributed by atoms with E-state index in [1.807, 2.05) is 91.0 Å². The predicted molar refractivity (Wildman–Crippen MR) is 198 cm³/mol. The molecule has 0 N–H and O–H groups in total. The molecule has 6 aromatic carbocycles. The van der Waals surface area contributed by atoms with Crippen LogP contribution < -0.4 is 29.5 Å². The molecule has 0 saturated heterocycles. The maximum atomic E-state index is 11.5. The van der Waals surface area contributed by atoms with Crippen LogP contribution in [0, 0.1) is 35.6 Å². The van der Waals surface area contributed by atoms with Gasteiger partial charge in [0.05, 0.1) is 21.3 Å². The summed E-state index contributed by atoms with van der Waals surface area (Å²) < 4.78 is 15.5. The van der Waals surface area contributed by atoms with E-state index in [1.54, 1.807) is 76.4 Å². The van der Waals surface area contributed by atoms with Crippen molar-refractivity contribution in [3.8, 4) is 34.5 Å². The second-order valence-corrected chi connectivity index (χ2v) is 10.4. The van der Waals surface area contributed by atoms with Crippen molar-refractivity contribution in [1.29, 1.82) is 0 Å². The molecule has 0 radical (unpaired) electrons. The minimum atomic E-state index is -0.0360. The molecule has 0 fully saturated rings. The number of ether oxygens (including phenoxy) is 3. The second-order valence-electron chi connectivity index (χ2n) is 10.4. The number of rotatable bonds is 9. The Morgan fingerprint density at radius 1 is 0.365 bits per heavy atom. The van der Waals surface area contributed by atoms with Crippen LogP contribution in [0.4, 0.5) is 17.1 Å². The Morgan fingerprint density at radius 2 is 0.596 bits per heavy atom. The van der Waals surface area contributed by atoms with Crippen molar-refractivity contribution < 1.29 is 65.1 Å². The molecule has 0 aliphatic heterocycles. The van der Waals surface area contributed by atoms with Gasteiger partial charge in [-0.25, -0.2) is 0 Å². The van der Waals surface area contributed by atoms with Crippen molar-refractivity contribution >= 4 is 35.7 Å². The topological polar surface area (TPSA) is 134 Å². The zero-order valence-corrected chi connectivity index (χ0v) is 32.6. The summed E-state index contributed by atoms with van der Waals surface area (Å²) in [6, 6.07) is 42.6. The van der Waals surface area contributed by atoms with Crippen LogP contribution in [-0.2, 0) is 0 Å². The fourth-order valence-corrected chi connectivity index (χ4v) is 4.39. The second kappa shape index (κ2) is 22.2. The van der Waals surface area contributed by atoms with Crippen LogP contribution in [0.15, 0.2) is 161 Å². The third-order valence-electron chi connectivity index (χ3n) is 7.04. The molecule has 0 saturated carbocycles. The van der Waals surface area contributed by atoms with Gasteiger partial charge in [0.25, 0.3) is 0 Å². The summed E-state index contributed by atoms with van der Waals surface area (Å²) in [6.45, 7) is 0. The average molecular weight is 818 g/mol. The van der Waals surface area contributed by atoms with Gasteiger partial charge in [-0.15, -0.1) is 17.2 Å². The molecule has 10 heteroatoms. The van der Waals surface area contributed by atoms with Gasteiger partial charge in [-0.3, -0.25) is 15.0 Å². The number of benzene rings is 6. The molecule has 9 nitrogen and oxygen atoms in total. The first kappa shape index (κ1) is 40.8. The van der Waals surface area contributed by atoms with Crippen LogP contribution in [-0.4, -0.2) is 40.0 Å². The van der Waals surface area contributed by atoms with Crippen LogP contribution >= 0.6 is 0 Å². The number of para-hydroxylation sites is 9. The minimum Gasteiger partial charge on any atom is -0.872 e. The molecule has 0 spiro atoms. The molecule has 0 atom stereocenters. The number of nitrogens with zero attached hydrogens (tertiary/aromatic N) is 3. The summed E-state index contributed by atoms with van der Waals surface area (Å²) in [5.74, 6) is 1.95. The van der Waals surface area contributed by atoms with Crippen LogP contribution in [0.5, 0.6) is 34.5 Å². The van der Waals surface area contributed by atoms with Gasteiger partial charge in [0.2, 0.25) is 0 Å². The molecule has 0 bridgehead atoms. The van der Waals surface area contributed by atoms with Gasteiger partial charge in [0, 0.05) is 18.6 Å². The van der Waals surface area contributed by atoms with Crippen LogP contribution in [0.2, 0.25) is 0 Å². The summed E-state index contributed by atoms with van der Waals surface area (Å²) in [7, 11) is 4.78. The molecule has 52 heavy (non-hydrogen) atoms. The number of methoxy groups -OCH3 is 3. The van der Waals surface area contributed by atoms with E-state index in [4.69, 9.17) is 14.2 Å². The normalized spacial score (nSPS) is 10.4. The monoisotopic (exact) mass is 817 g/mol. The summed E-state index contributed by atoms with van der Waals surface area (Å²) in [6.07, 6.45) is 4.67. The molecule has 258 valence electrons. The Kier molecular flexibility index (Phi) is 17.4. The van der Waals surface area contributed by atoms with Gasteiger partial charge in [-0.2, -0.15) is 0 Å². The quantitative estimate of drug-likeness (QED) is 0.138. The molecule has 0 aliphatic rings. The molecule has 6 aromatic rings. The molecule has 0 unspecified atom stereocenters. The van der Waals surface area contributed by atoms with Crippen molar-refractivity contribution in [3.63, 3.8) is 0 Å². The summed E-state index contributed by atoms with van der Waals surface area (Å²) >= 11 is 0. The standard InChI is InChI=1S/3C14H13NO2.La/c3*1-17-14-9-5-3-7-12(14)15-10-11-6-2-4-8-13(11)16;/h3*2-10,16H,1H3;/q;;;+3/p-3. The fourth-order valence-electron chi connectivity index (χ4n) is 4.39. The number of aliphatic imine (C=N–C) groups is 3. The van der Waals surface area contributed by atoms with Crippen molar-refractivity contribution in [1.82, 2.24) is 0 Å². The van der Waals surface area contributed by atoms with E-state index in [1.165, 1.54) is 18.2 Å². The smallest absolute Gasteiger partial charge is 0.872 e. The molecule has 0 amide bonds. The van der Waals surface area contributed by atoms with E-state index in [0.29, 0.717) is 51.0 Å². The largest absolute Gasteiger partial charge is 3.00 e. The van der Waals surface area contributed by atoms with Gasteiger partial charge >= 0.3 is 35.6 Å². The number of hydrogen-bond donors (Lipinski definition) is 0. The third kappa shape index (κ3) is 12.6. The minimum absolute atomic E-state index is 0. The van der Waals surface area contributed by atoms with Crippen LogP contribution in [0.1, 0.15) is 16.7 Å². The van der Waals surface area contributed by atoms with E-state index >= 15 is 0 Å². The van der Waals surface area contributed by atoms with Gasteiger partial charge in [0.15, 0.2) is 0 Å².